The average molecular weight is 388 g/mol. The highest BCUT2D eigenvalue weighted by Crippen LogP contribution is 2.36. The molecule has 0 radical (unpaired) electrons. The van der Waals surface area contributed by atoms with E-state index in [1.54, 1.807) is 0 Å². The number of ether oxygens (including phenoxy) is 1. The molecule has 12 heteroatoms. The summed E-state index contributed by atoms with van der Waals surface area (Å²) in [5, 5.41) is 10.1. The lowest BCUT2D eigenvalue weighted by Crippen LogP contribution is -2.34. The summed E-state index contributed by atoms with van der Waals surface area (Å²) in [5.74, 6) is -1.96. The van der Waals surface area contributed by atoms with Gasteiger partial charge in [0.1, 0.15) is 11.6 Å². The Bertz CT molecular complexity index is 1210. The van der Waals surface area contributed by atoms with Gasteiger partial charge in [-0.05, 0) is 17.7 Å². The minimum atomic E-state index is -1.22. The monoisotopic (exact) mass is 388 g/mol. The molecule has 3 aromatic rings. The molecule has 28 heavy (non-hydrogen) atoms. The fourth-order valence-corrected chi connectivity index (χ4v) is 2.96. The second-order valence-electron chi connectivity index (χ2n) is 5.84. The van der Waals surface area contributed by atoms with Crippen LogP contribution in [0.1, 0.15) is 22.6 Å². The second-order valence-corrected chi connectivity index (χ2v) is 5.84. The van der Waals surface area contributed by atoms with E-state index in [1.807, 2.05) is 9.97 Å². The maximum atomic E-state index is 12.5. The van der Waals surface area contributed by atoms with Gasteiger partial charge in [0.15, 0.2) is 11.5 Å². The molecular formula is C16H16N6O6. The van der Waals surface area contributed by atoms with Gasteiger partial charge in [-0.15, -0.1) is 0 Å². The predicted octanol–water partition coefficient (Wildman–Crippen LogP) is -1.50. The summed E-state index contributed by atoms with van der Waals surface area (Å²) < 4.78 is 4.99. The highest BCUT2D eigenvalue weighted by atomic mass is 16.5. The van der Waals surface area contributed by atoms with Crippen molar-refractivity contribution in [1.29, 1.82) is 0 Å². The number of hydrogen-bond acceptors (Lipinski definition) is 8. The van der Waals surface area contributed by atoms with E-state index in [0.717, 1.165) is 0 Å². The van der Waals surface area contributed by atoms with Gasteiger partial charge in [0.05, 0.1) is 24.2 Å². The normalized spacial score (nSPS) is 10.9. The molecule has 0 unspecified atom stereocenters. The molecule has 0 atom stereocenters. The molecule has 0 aliphatic rings. The maximum Gasteiger partial charge on any atom is 0.327 e. The number of methoxy groups -OCH3 is 1. The number of nitrogens with one attached hydrogen (secondary N) is 4. The molecule has 1 aromatic carbocycles. The molecule has 3 rings (SSSR count). The van der Waals surface area contributed by atoms with E-state index in [9.17, 15) is 24.3 Å². The Balaban J connectivity index is 2.42. The van der Waals surface area contributed by atoms with Crippen LogP contribution in [0, 0.1) is 0 Å². The Morgan fingerprint density at radius 2 is 1.39 bits per heavy atom. The topological polar surface area (TPSA) is 213 Å². The van der Waals surface area contributed by atoms with Crippen LogP contribution in [0.5, 0.6) is 11.5 Å². The summed E-state index contributed by atoms with van der Waals surface area (Å²) in [4.78, 5) is 56.5. The predicted molar refractivity (Wildman–Crippen MR) is 99.8 cm³/mol. The van der Waals surface area contributed by atoms with E-state index < -0.39 is 28.4 Å². The summed E-state index contributed by atoms with van der Waals surface area (Å²) >= 11 is 0. The minimum Gasteiger partial charge on any atom is -0.504 e. The zero-order chi connectivity index (χ0) is 20.6. The van der Waals surface area contributed by atoms with Gasteiger partial charge in [-0.3, -0.25) is 29.5 Å². The number of aromatic nitrogens is 4. The number of rotatable bonds is 4. The van der Waals surface area contributed by atoms with Gasteiger partial charge in [0, 0.05) is 0 Å². The van der Waals surface area contributed by atoms with Crippen molar-refractivity contribution in [2.75, 3.05) is 18.6 Å². The number of anilines is 2. The van der Waals surface area contributed by atoms with Crippen molar-refractivity contribution in [2.45, 2.75) is 5.92 Å². The van der Waals surface area contributed by atoms with Gasteiger partial charge in [-0.2, -0.15) is 0 Å². The first-order valence-corrected chi connectivity index (χ1v) is 7.83. The van der Waals surface area contributed by atoms with Crippen LogP contribution in [0.2, 0.25) is 0 Å². The third-order valence-corrected chi connectivity index (χ3v) is 4.13. The van der Waals surface area contributed by atoms with Crippen molar-refractivity contribution in [3.05, 3.63) is 76.6 Å². The van der Waals surface area contributed by atoms with E-state index in [0.29, 0.717) is 0 Å². The Labute approximate surface area is 154 Å². The van der Waals surface area contributed by atoms with Gasteiger partial charge in [-0.25, -0.2) is 9.59 Å². The first-order valence-electron chi connectivity index (χ1n) is 7.83. The molecule has 0 aliphatic carbocycles. The van der Waals surface area contributed by atoms with Crippen molar-refractivity contribution in [3.63, 3.8) is 0 Å². The SMILES string of the molecule is COc1ccc(C(c2c(N)[nH]c(=O)[nH]c2=O)c2c(N)[nH]c(=O)[nH]c2=O)cc1O. The van der Waals surface area contributed by atoms with E-state index in [-0.39, 0.29) is 39.8 Å². The van der Waals surface area contributed by atoms with Crippen molar-refractivity contribution >= 4 is 11.6 Å². The zero-order valence-electron chi connectivity index (χ0n) is 14.5. The molecule has 0 aliphatic heterocycles. The number of phenols is 1. The Morgan fingerprint density at radius 1 is 0.893 bits per heavy atom. The molecular weight excluding hydrogens is 372 g/mol. The molecule has 0 fully saturated rings. The molecule has 0 saturated heterocycles. The summed E-state index contributed by atoms with van der Waals surface area (Å²) in [6, 6.07) is 4.12. The lowest BCUT2D eigenvalue weighted by Gasteiger charge is -2.20. The van der Waals surface area contributed by atoms with E-state index in [2.05, 4.69) is 9.97 Å². The Kier molecular flexibility index (Phi) is 4.53. The van der Waals surface area contributed by atoms with Gasteiger partial charge in [0.25, 0.3) is 11.1 Å². The molecule has 2 heterocycles. The van der Waals surface area contributed by atoms with Crippen molar-refractivity contribution in [2.24, 2.45) is 0 Å². The third kappa shape index (κ3) is 3.13. The molecule has 9 N–H and O–H groups in total. The average Bonchev–Trinajstić information content (AvgIpc) is 2.58. The fourth-order valence-electron chi connectivity index (χ4n) is 2.96. The molecule has 0 spiro atoms. The molecule has 0 amide bonds. The van der Waals surface area contributed by atoms with Crippen molar-refractivity contribution < 1.29 is 9.84 Å². The van der Waals surface area contributed by atoms with Gasteiger partial charge < -0.3 is 21.3 Å². The van der Waals surface area contributed by atoms with Crippen LogP contribution in [0.4, 0.5) is 11.6 Å². The molecule has 12 nitrogen and oxygen atoms in total. The number of H-pyrrole nitrogens is 4. The number of aromatic amines is 4. The molecule has 146 valence electrons. The summed E-state index contributed by atoms with van der Waals surface area (Å²) in [7, 11) is 1.35. The Hall–Kier alpha value is -4.22. The number of nitrogen functional groups attached to an aromatic ring is 2. The third-order valence-electron chi connectivity index (χ3n) is 4.13. The minimum absolute atomic E-state index is 0.147. The first kappa shape index (κ1) is 18.6. The number of benzene rings is 1. The highest BCUT2D eigenvalue weighted by molar-refractivity contribution is 5.57. The van der Waals surface area contributed by atoms with Crippen LogP contribution in [0.15, 0.2) is 37.4 Å². The number of hydrogen-bond donors (Lipinski definition) is 7. The van der Waals surface area contributed by atoms with Crippen molar-refractivity contribution in [3.8, 4) is 11.5 Å². The van der Waals surface area contributed by atoms with Crippen LogP contribution >= 0.6 is 0 Å². The molecule has 2 aromatic heterocycles. The number of nitrogens with two attached hydrogens (primary N) is 2. The van der Waals surface area contributed by atoms with Gasteiger partial charge in [0.2, 0.25) is 0 Å². The van der Waals surface area contributed by atoms with Crippen LogP contribution in [-0.2, 0) is 0 Å². The fraction of sp³-hybridized carbons (Fsp3) is 0.125. The molecule has 0 saturated carbocycles. The van der Waals surface area contributed by atoms with Crippen LogP contribution in [-0.4, -0.2) is 32.2 Å². The van der Waals surface area contributed by atoms with Gasteiger partial charge >= 0.3 is 11.4 Å². The zero-order valence-corrected chi connectivity index (χ0v) is 14.5. The standard InChI is InChI=1S/C16H16N6O6/c1-28-7-3-2-5(4-6(7)23)8(9-11(17)19-15(26)21-13(9)24)10-12(18)20-16(27)22-14(10)25/h2-4,8,23H,1H3,(H4,17,19,21,24,26)(H4,18,20,22,25,27). The van der Waals surface area contributed by atoms with Crippen LogP contribution in [0.25, 0.3) is 0 Å². The number of aromatic hydroxyl groups is 1. The summed E-state index contributed by atoms with van der Waals surface area (Å²) in [6.45, 7) is 0. The van der Waals surface area contributed by atoms with E-state index >= 15 is 0 Å². The van der Waals surface area contributed by atoms with E-state index in [1.165, 1.54) is 25.3 Å². The second kappa shape index (κ2) is 6.83. The lowest BCUT2D eigenvalue weighted by molar-refractivity contribution is 0.373. The largest absolute Gasteiger partial charge is 0.504 e. The number of phenolic OH excluding ortho intramolecular Hbond substituents is 1. The Morgan fingerprint density at radius 3 is 1.79 bits per heavy atom. The van der Waals surface area contributed by atoms with Crippen LogP contribution in [0.3, 0.4) is 0 Å². The maximum absolute atomic E-state index is 12.5. The molecule has 0 bridgehead atoms. The highest BCUT2D eigenvalue weighted by Gasteiger charge is 2.29. The van der Waals surface area contributed by atoms with Crippen LogP contribution < -0.4 is 38.7 Å². The van der Waals surface area contributed by atoms with E-state index in [4.69, 9.17) is 16.2 Å². The quantitative estimate of drug-likeness (QED) is 0.278. The van der Waals surface area contributed by atoms with Gasteiger partial charge in [-0.1, -0.05) is 6.07 Å². The summed E-state index contributed by atoms with van der Waals surface area (Å²) in [5.41, 5.74) is 8.07. The lowest BCUT2D eigenvalue weighted by atomic mass is 9.86. The summed E-state index contributed by atoms with van der Waals surface area (Å²) in [6.07, 6.45) is 0. The smallest absolute Gasteiger partial charge is 0.327 e. The van der Waals surface area contributed by atoms with Crippen molar-refractivity contribution in [1.82, 2.24) is 19.9 Å². The first-order chi connectivity index (χ1) is 13.2.